The predicted octanol–water partition coefficient (Wildman–Crippen LogP) is 0.441. The smallest absolute Gasteiger partial charge is 0.331 e. The van der Waals surface area contributed by atoms with Crippen molar-refractivity contribution in [3.05, 3.63) is 69.0 Å². The summed E-state index contributed by atoms with van der Waals surface area (Å²) in [5.41, 5.74) is -0.110. The minimum absolute atomic E-state index is 0.0433. The van der Waals surface area contributed by atoms with E-state index in [9.17, 15) is 19.2 Å². The van der Waals surface area contributed by atoms with E-state index in [1.54, 1.807) is 0 Å². The molecule has 0 bridgehead atoms. The van der Waals surface area contributed by atoms with Crippen LogP contribution in [0, 0.1) is 0 Å². The van der Waals surface area contributed by atoms with Crippen molar-refractivity contribution in [1.29, 1.82) is 0 Å². The quantitative estimate of drug-likeness (QED) is 0.737. The zero-order chi connectivity index (χ0) is 19.1. The molecular weight excluding hydrogens is 338 g/mol. The number of hydrogen-bond donors (Lipinski definition) is 1. The Morgan fingerprint density at radius 3 is 2.46 bits per heavy atom. The molecule has 2 aromatic rings. The lowest BCUT2D eigenvalue weighted by molar-refractivity contribution is -0.138. The molecule has 0 saturated heterocycles. The summed E-state index contributed by atoms with van der Waals surface area (Å²) in [6, 6.07) is 10.5. The van der Waals surface area contributed by atoms with Crippen LogP contribution in [0.4, 0.5) is 0 Å². The first-order chi connectivity index (χ1) is 12.4. The second-order valence-electron chi connectivity index (χ2n) is 5.92. The van der Waals surface area contributed by atoms with E-state index in [2.05, 4.69) is 0 Å². The molecular formula is C18H21N3O5. The molecule has 0 unspecified atom stereocenters. The Bertz CT molecular complexity index is 886. The van der Waals surface area contributed by atoms with Gasteiger partial charge in [-0.25, -0.2) is 4.79 Å². The third-order valence-electron chi connectivity index (χ3n) is 3.95. The van der Waals surface area contributed by atoms with Gasteiger partial charge in [-0.05, 0) is 12.0 Å². The van der Waals surface area contributed by atoms with Gasteiger partial charge in [0.15, 0.2) is 0 Å². The number of amides is 1. The van der Waals surface area contributed by atoms with E-state index in [-0.39, 0.29) is 25.4 Å². The average molecular weight is 359 g/mol. The Morgan fingerprint density at radius 1 is 1.12 bits per heavy atom. The van der Waals surface area contributed by atoms with Crippen molar-refractivity contribution in [3.8, 4) is 0 Å². The SMILES string of the molecule is Cn1c(=O)ccn(CC(=O)N(CCCC(=O)O)Cc2ccccc2)c1=O. The van der Waals surface area contributed by atoms with E-state index in [4.69, 9.17) is 5.11 Å². The first-order valence-electron chi connectivity index (χ1n) is 8.18. The number of nitrogens with zero attached hydrogens (tertiary/aromatic N) is 3. The highest BCUT2D eigenvalue weighted by Gasteiger charge is 2.16. The molecule has 0 spiro atoms. The summed E-state index contributed by atoms with van der Waals surface area (Å²) in [6.45, 7) is 0.368. The van der Waals surface area contributed by atoms with Crippen LogP contribution in [0.5, 0.6) is 0 Å². The first kappa shape index (κ1) is 19.2. The van der Waals surface area contributed by atoms with E-state index < -0.39 is 17.2 Å². The van der Waals surface area contributed by atoms with Crippen molar-refractivity contribution >= 4 is 11.9 Å². The molecule has 1 heterocycles. The van der Waals surface area contributed by atoms with E-state index in [1.165, 1.54) is 28.8 Å². The van der Waals surface area contributed by atoms with Crippen LogP contribution < -0.4 is 11.2 Å². The Balaban J connectivity index is 2.16. The van der Waals surface area contributed by atoms with Crippen LogP contribution in [0.25, 0.3) is 0 Å². The van der Waals surface area contributed by atoms with Crippen molar-refractivity contribution in [1.82, 2.24) is 14.0 Å². The Hall–Kier alpha value is -3.16. The van der Waals surface area contributed by atoms with Gasteiger partial charge >= 0.3 is 11.7 Å². The number of hydrogen-bond acceptors (Lipinski definition) is 4. The van der Waals surface area contributed by atoms with Crippen LogP contribution in [-0.4, -0.2) is 37.6 Å². The highest BCUT2D eigenvalue weighted by molar-refractivity contribution is 5.76. The largest absolute Gasteiger partial charge is 0.481 e. The van der Waals surface area contributed by atoms with E-state index >= 15 is 0 Å². The molecule has 1 amide bonds. The van der Waals surface area contributed by atoms with Gasteiger partial charge in [-0.1, -0.05) is 30.3 Å². The monoisotopic (exact) mass is 359 g/mol. The maximum atomic E-state index is 12.7. The van der Waals surface area contributed by atoms with Gasteiger partial charge in [0, 0.05) is 38.8 Å². The standard InChI is InChI=1S/C18H21N3O5/c1-19-15(22)9-11-21(18(19)26)13-16(23)20(10-5-8-17(24)25)12-14-6-3-2-4-7-14/h2-4,6-7,9,11H,5,8,10,12-13H2,1H3,(H,24,25). The van der Waals surface area contributed by atoms with Gasteiger partial charge in [-0.15, -0.1) is 0 Å². The molecule has 8 heteroatoms. The van der Waals surface area contributed by atoms with Crippen LogP contribution in [0.1, 0.15) is 18.4 Å². The van der Waals surface area contributed by atoms with Gasteiger partial charge < -0.3 is 10.0 Å². The van der Waals surface area contributed by atoms with Crippen molar-refractivity contribution in [2.24, 2.45) is 7.05 Å². The fourth-order valence-corrected chi connectivity index (χ4v) is 2.50. The summed E-state index contributed by atoms with van der Waals surface area (Å²) in [7, 11) is 1.35. The van der Waals surface area contributed by atoms with Crippen LogP contribution in [0.3, 0.4) is 0 Å². The normalized spacial score (nSPS) is 10.5. The number of aliphatic carboxylic acids is 1. The molecule has 1 aromatic carbocycles. The number of carboxylic acids is 1. The van der Waals surface area contributed by atoms with Crippen molar-refractivity contribution in [2.75, 3.05) is 6.54 Å². The molecule has 138 valence electrons. The molecule has 0 atom stereocenters. The Morgan fingerprint density at radius 2 is 1.81 bits per heavy atom. The zero-order valence-electron chi connectivity index (χ0n) is 14.5. The highest BCUT2D eigenvalue weighted by Crippen LogP contribution is 2.07. The summed E-state index contributed by atoms with van der Waals surface area (Å²) >= 11 is 0. The second kappa shape index (κ2) is 8.80. The van der Waals surface area contributed by atoms with E-state index in [1.807, 2.05) is 30.3 Å². The first-order valence-corrected chi connectivity index (χ1v) is 8.18. The lowest BCUT2D eigenvalue weighted by Crippen LogP contribution is -2.41. The number of carbonyl (C=O) groups excluding carboxylic acids is 1. The molecule has 0 radical (unpaired) electrons. The fourth-order valence-electron chi connectivity index (χ4n) is 2.50. The lowest BCUT2D eigenvalue weighted by atomic mass is 10.2. The number of rotatable bonds is 8. The maximum Gasteiger partial charge on any atom is 0.331 e. The minimum Gasteiger partial charge on any atom is -0.481 e. The number of carboxylic acid groups (broad SMARTS) is 1. The van der Waals surface area contributed by atoms with Crippen molar-refractivity contribution in [2.45, 2.75) is 25.9 Å². The maximum absolute atomic E-state index is 12.7. The number of benzene rings is 1. The molecule has 1 N–H and O–H groups in total. The van der Waals surface area contributed by atoms with Crippen LogP contribution in [-0.2, 0) is 29.7 Å². The average Bonchev–Trinajstić information content (AvgIpc) is 2.62. The van der Waals surface area contributed by atoms with Gasteiger partial charge in [0.05, 0.1) is 0 Å². The summed E-state index contributed by atoms with van der Waals surface area (Å²) in [5, 5.41) is 8.80. The topological polar surface area (TPSA) is 102 Å². The molecule has 26 heavy (non-hydrogen) atoms. The van der Waals surface area contributed by atoms with Crippen LogP contribution >= 0.6 is 0 Å². The van der Waals surface area contributed by atoms with Gasteiger partial charge in [0.2, 0.25) is 5.91 Å². The van der Waals surface area contributed by atoms with Gasteiger partial charge in [-0.2, -0.15) is 0 Å². The van der Waals surface area contributed by atoms with Crippen LogP contribution in [0.15, 0.2) is 52.2 Å². The van der Waals surface area contributed by atoms with Crippen LogP contribution in [0.2, 0.25) is 0 Å². The van der Waals surface area contributed by atoms with Gasteiger partial charge in [0.1, 0.15) is 6.54 Å². The summed E-state index contributed by atoms with van der Waals surface area (Å²) in [4.78, 5) is 48.5. The van der Waals surface area contributed by atoms with Gasteiger partial charge in [-0.3, -0.25) is 23.5 Å². The molecule has 0 fully saturated rings. The molecule has 0 aliphatic carbocycles. The lowest BCUT2D eigenvalue weighted by Gasteiger charge is -2.23. The Labute approximate surface area is 149 Å². The third kappa shape index (κ3) is 5.17. The number of aromatic nitrogens is 2. The molecule has 1 aromatic heterocycles. The summed E-state index contributed by atoms with van der Waals surface area (Å²) < 4.78 is 2.10. The molecule has 0 aliphatic heterocycles. The molecule has 0 saturated carbocycles. The molecule has 8 nitrogen and oxygen atoms in total. The second-order valence-corrected chi connectivity index (χ2v) is 5.92. The Kier molecular flexibility index (Phi) is 6.48. The fraction of sp³-hybridized carbons (Fsp3) is 0.333. The highest BCUT2D eigenvalue weighted by atomic mass is 16.4. The summed E-state index contributed by atoms with van der Waals surface area (Å²) in [5.74, 6) is -1.24. The molecule has 2 rings (SSSR count). The van der Waals surface area contributed by atoms with E-state index in [0.717, 1.165) is 10.1 Å². The van der Waals surface area contributed by atoms with E-state index in [0.29, 0.717) is 13.0 Å². The van der Waals surface area contributed by atoms with Gasteiger partial charge in [0.25, 0.3) is 5.56 Å². The third-order valence-corrected chi connectivity index (χ3v) is 3.95. The number of carbonyl (C=O) groups is 2. The summed E-state index contributed by atoms with van der Waals surface area (Å²) in [6.07, 6.45) is 1.56. The predicted molar refractivity (Wildman–Crippen MR) is 94.7 cm³/mol. The minimum atomic E-state index is -0.925. The molecule has 0 aliphatic rings. The van der Waals surface area contributed by atoms with Crippen molar-refractivity contribution < 1.29 is 14.7 Å². The zero-order valence-corrected chi connectivity index (χ0v) is 14.5. The van der Waals surface area contributed by atoms with Crippen molar-refractivity contribution in [3.63, 3.8) is 0 Å².